The minimum Gasteiger partial charge on any atom is -0.393 e. The second-order valence-electron chi connectivity index (χ2n) is 7.31. The van der Waals surface area contributed by atoms with Gasteiger partial charge in [0.2, 0.25) is 0 Å². The summed E-state index contributed by atoms with van der Waals surface area (Å²) in [5.74, 6) is -0.349. The van der Waals surface area contributed by atoms with Crippen LogP contribution in [0, 0.1) is 5.82 Å². The molecule has 0 aliphatic carbocycles. The van der Waals surface area contributed by atoms with Crippen LogP contribution < -0.4 is 10.2 Å². The molecule has 1 unspecified atom stereocenters. The van der Waals surface area contributed by atoms with E-state index in [4.69, 9.17) is 5.11 Å². The smallest absolute Gasteiger partial charge is 0.186 e. The molecule has 30 heavy (non-hydrogen) atoms. The first-order valence-electron chi connectivity index (χ1n) is 9.71. The number of aromatic nitrogens is 2. The van der Waals surface area contributed by atoms with Crippen molar-refractivity contribution in [1.82, 2.24) is 14.9 Å². The number of pyridine rings is 1. The van der Waals surface area contributed by atoms with Gasteiger partial charge in [-0.05, 0) is 25.1 Å². The normalized spacial score (nSPS) is 19.8. The predicted molar refractivity (Wildman–Crippen MR) is 114 cm³/mol. The van der Waals surface area contributed by atoms with Gasteiger partial charge in [-0.2, -0.15) is 0 Å². The molecule has 0 amide bonds. The van der Waals surface area contributed by atoms with E-state index < -0.39 is 24.9 Å². The number of anilines is 2. The summed E-state index contributed by atoms with van der Waals surface area (Å²) in [5.41, 5.74) is 1.12. The van der Waals surface area contributed by atoms with E-state index in [2.05, 4.69) is 15.3 Å². The van der Waals surface area contributed by atoms with Gasteiger partial charge in [-0.1, -0.05) is 23.5 Å². The lowest BCUT2D eigenvalue weighted by molar-refractivity contribution is -0.00547. The zero-order valence-electron chi connectivity index (χ0n) is 16.4. The highest BCUT2D eigenvalue weighted by Crippen LogP contribution is 2.27. The highest BCUT2D eigenvalue weighted by Gasteiger charge is 2.30. The van der Waals surface area contributed by atoms with E-state index in [0.717, 1.165) is 10.2 Å². The molecule has 0 saturated carbocycles. The van der Waals surface area contributed by atoms with E-state index in [9.17, 15) is 14.6 Å². The molecule has 1 aliphatic heterocycles. The van der Waals surface area contributed by atoms with E-state index in [0.29, 0.717) is 24.8 Å². The molecule has 0 spiro atoms. The van der Waals surface area contributed by atoms with Crippen molar-refractivity contribution in [3.63, 3.8) is 0 Å². The molecule has 4 N–H and O–H groups in total. The molecule has 1 aromatic carbocycles. The maximum absolute atomic E-state index is 14.5. The molecular weight excluding hydrogens is 409 g/mol. The molecule has 3 aromatic rings. The van der Waals surface area contributed by atoms with Gasteiger partial charge in [0.05, 0.1) is 16.8 Å². The number of rotatable bonds is 6. The molecule has 1 aliphatic rings. The lowest BCUT2D eigenvalue weighted by Gasteiger charge is -2.42. The highest BCUT2D eigenvalue weighted by molar-refractivity contribution is 7.22. The Hall–Kier alpha value is -2.37. The first-order chi connectivity index (χ1) is 14.5. The lowest BCUT2D eigenvalue weighted by Crippen LogP contribution is -2.57. The van der Waals surface area contributed by atoms with Crippen molar-refractivity contribution in [3.05, 3.63) is 47.9 Å². The van der Waals surface area contributed by atoms with E-state index in [-0.39, 0.29) is 17.4 Å². The molecule has 8 nitrogen and oxygen atoms in total. The number of halogens is 1. The average Bonchev–Trinajstić information content (AvgIpc) is 3.15. The quantitative estimate of drug-likeness (QED) is 0.436. The molecule has 1 fully saturated rings. The third-order valence-corrected chi connectivity index (χ3v) is 6.21. The Morgan fingerprint density at radius 2 is 2.10 bits per heavy atom. The Labute approximate surface area is 177 Å². The number of nitrogens with one attached hydrogen (secondary N) is 1. The van der Waals surface area contributed by atoms with E-state index >= 15 is 0 Å². The zero-order chi connectivity index (χ0) is 21.3. The summed E-state index contributed by atoms with van der Waals surface area (Å²) in [6, 6.07) is 8.92. The van der Waals surface area contributed by atoms with Crippen LogP contribution in [0.1, 0.15) is 18.6 Å². The van der Waals surface area contributed by atoms with Gasteiger partial charge in [0.25, 0.3) is 0 Å². The molecule has 160 valence electrons. The number of nitrogens with zero attached hydrogens (tertiary/aromatic N) is 4. The van der Waals surface area contributed by atoms with Crippen LogP contribution >= 0.6 is 11.3 Å². The highest BCUT2D eigenvalue weighted by atomic mass is 32.1. The fourth-order valence-corrected chi connectivity index (χ4v) is 4.50. The molecule has 0 bridgehead atoms. The van der Waals surface area contributed by atoms with E-state index in [1.807, 2.05) is 41.0 Å². The van der Waals surface area contributed by atoms with Gasteiger partial charge >= 0.3 is 0 Å². The molecule has 4 rings (SSSR count). The third-order valence-electron chi connectivity index (χ3n) is 5.24. The topological polar surface area (TPSA) is 105 Å². The molecule has 1 saturated heterocycles. The average molecular weight is 434 g/mol. The van der Waals surface area contributed by atoms with Gasteiger partial charge < -0.3 is 25.5 Å². The Kier molecular flexibility index (Phi) is 6.11. The van der Waals surface area contributed by atoms with Crippen molar-refractivity contribution in [3.8, 4) is 0 Å². The van der Waals surface area contributed by atoms with Crippen molar-refractivity contribution in [2.45, 2.75) is 25.4 Å². The Morgan fingerprint density at radius 1 is 1.30 bits per heavy atom. The Bertz CT molecular complexity index is 986. The van der Waals surface area contributed by atoms with Gasteiger partial charge in [0, 0.05) is 37.4 Å². The van der Waals surface area contributed by atoms with Crippen LogP contribution in [0.2, 0.25) is 0 Å². The van der Waals surface area contributed by atoms with Gasteiger partial charge in [0.15, 0.2) is 23.1 Å². The summed E-state index contributed by atoms with van der Waals surface area (Å²) in [5, 5.41) is 33.0. The SMILES string of the molecule is C[C@@H]1CN(c2ncc([C@H](O)CO)cc2F)CCN1C(O)Nc1nc2ccccc2s1. The molecule has 10 heteroatoms. The Morgan fingerprint density at radius 3 is 2.80 bits per heavy atom. The molecular formula is C20H24FN5O3S. The maximum atomic E-state index is 14.5. The molecule has 2 aromatic heterocycles. The van der Waals surface area contributed by atoms with Crippen molar-refractivity contribution >= 4 is 32.5 Å². The van der Waals surface area contributed by atoms with E-state index in [1.54, 1.807) is 0 Å². The minimum absolute atomic E-state index is 0.0699. The monoisotopic (exact) mass is 433 g/mol. The van der Waals surface area contributed by atoms with Crippen LogP contribution in [0.3, 0.4) is 0 Å². The maximum Gasteiger partial charge on any atom is 0.186 e. The summed E-state index contributed by atoms with van der Waals surface area (Å²) in [4.78, 5) is 12.3. The number of aliphatic hydroxyl groups excluding tert-OH is 3. The third kappa shape index (κ3) is 4.23. The largest absolute Gasteiger partial charge is 0.393 e. The first kappa shape index (κ1) is 20.9. The first-order valence-corrected chi connectivity index (χ1v) is 10.5. The Balaban J connectivity index is 1.41. The van der Waals surface area contributed by atoms with Crippen LogP contribution in [-0.4, -0.2) is 68.8 Å². The van der Waals surface area contributed by atoms with Crippen molar-refractivity contribution < 1.29 is 19.7 Å². The number of hydrogen-bond acceptors (Lipinski definition) is 9. The summed E-state index contributed by atoms with van der Waals surface area (Å²) in [7, 11) is 0. The van der Waals surface area contributed by atoms with Gasteiger partial charge in [-0.15, -0.1) is 0 Å². The van der Waals surface area contributed by atoms with Crippen LogP contribution in [0.4, 0.5) is 15.3 Å². The molecule has 3 heterocycles. The van der Waals surface area contributed by atoms with Gasteiger partial charge in [0.1, 0.15) is 6.10 Å². The van der Waals surface area contributed by atoms with Crippen molar-refractivity contribution in [1.29, 1.82) is 0 Å². The predicted octanol–water partition coefficient (Wildman–Crippen LogP) is 1.75. The number of thiazole rings is 1. The van der Waals surface area contributed by atoms with Crippen LogP contribution in [0.15, 0.2) is 36.5 Å². The van der Waals surface area contributed by atoms with Crippen LogP contribution in [0.5, 0.6) is 0 Å². The summed E-state index contributed by atoms with van der Waals surface area (Å²) < 4.78 is 15.6. The number of aliphatic hydroxyl groups is 3. The van der Waals surface area contributed by atoms with Crippen LogP contribution in [0.25, 0.3) is 10.2 Å². The zero-order valence-corrected chi connectivity index (χ0v) is 17.3. The summed E-state index contributed by atoms with van der Waals surface area (Å²) in [6.07, 6.45) is -0.692. The number of hydrogen-bond donors (Lipinski definition) is 4. The molecule has 0 radical (unpaired) electrons. The summed E-state index contributed by atoms with van der Waals surface area (Å²) >= 11 is 1.48. The van der Waals surface area contributed by atoms with Crippen molar-refractivity contribution in [2.24, 2.45) is 0 Å². The van der Waals surface area contributed by atoms with Crippen molar-refractivity contribution in [2.75, 3.05) is 36.5 Å². The molecule has 3 atom stereocenters. The van der Waals surface area contributed by atoms with Gasteiger partial charge in [-0.3, -0.25) is 4.90 Å². The fourth-order valence-electron chi connectivity index (χ4n) is 3.62. The number of benzene rings is 1. The fraction of sp³-hybridized carbons (Fsp3) is 0.400. The number of para-hydroxylation sites is 1. The lowest BCUT2D eigenvalue weighted by atomic mass is 10.1. The number of fused-ring (bicyclic) bond motifs is 1. The minimum atomic E-state index is -1.15. The number of piperazine rings is 1. The standard InChI is InChI=1S/C20H24FN5O3S/c1-12-10-25(18-14(21)8-13(9-22-18)16(28)11-27)6-7-26(12)20(29)24-19-23-15-4-2-3-5-17(15)30-19/h2-5,8-9,12,16,20,27-29H,6-7,10-11H2,1H3,(H,23,24)/t12-,16-,20?/m1/s1. The van der Waals surface area contributed by atoms with E-state index in [1.165, 1.54) is 23.6 Å². The van der Waals surface area contributed by atoms with Gasteiger partial charge in [-0.25, -0.2) is 14.4 Å². The van der Waals surface area contributed by atoms with Crippen LogP contribution in [-0.2, 0) is 0 Å². The second kappa shape index (κ2) is 8.78. The second-order valence-corrected chi connectivity index (χ2v) is 8.34. The summed E-state index contributed by atoms with van der Waals surface area (Å²) in [6.45, 7) is 2.93.